The van der Waals surface area contributed by atoms with E-state index in [0.29, 0.717) is 5.02 Å². The highest BCUT2D eigenvalue weighted by molar-refractivity contribution is 7.97. The van der Waals surface area contributed by atoms with Crippen LogP contribution in [0.25, 0.3) is 0 Å². The Morgan fingerprint density at radius 1 is 1.58 bits per heavy atom. The van der Waals surface area contributed by atoms with Crippen LogP contribution in [0.3, 0.4) is 0 Å². The van der Waals surface area contributed by atoms with Crippen molar-refractivity contribution in [2.45, 2.75) is 4.90 Å². The molecule has 0 saturated heterocycles. The number of nitrogens with two attached hydrogens (primary N) is 1. The summed E-state index contributed by atoms with van der Waals surface area (Å²) in [5.41, 5.74) is 0. The van der Waals surface area contributed by atoms with Gasteiger partial charge in [-0.2, -0.15) is 4.83 Å². The van der Waals surface area contributed by atoms with Crippen LogP contribution in [0.5, 0.6) is 5.75 Å². The molecule has 1 rings (SSSR count). The molecular formula is C7H9ClN2OS. The van der Waals surface area contributed by atoms with Crippen molar-refractivity contribution in [1.29, 1.82) is 0 Å². The fraction of sp³-hybridized carbons (Fsp3) is 0.143. The third-order valence-corrected chi connectivity index (χ3v) is 2.19. The lowest BCUT2D eigenvalue weighted by atomic mass is 10.3. The summed E-state index contributed by atoms with van der Waals surface area (Å²) < 4.78 is 5.08. The summed E-state index contributed by atoms with van der Waals surface area (Å²) in [7, 11) is 1.60. The average molecular weight is 205 g/mol. The Hall–Kier alpha value is -0.420. The smallest absolute Gasteiger partial charge is 0.133 e. The van der Waals surface area contributed by atoms with Crippen molar-refractivity contribution in [3.63, 3.8) is 0 Å². The summed E-state index contributed by atoms with van der Waals surface area (Å²) in [6.07, 6.45) is 0. The van der Waals surface area contributed by atoms with Gasteiger partial charge in [-0.15, -0.1) is 0 Å². The van der Waals surface area contributed by atoms with Crippen LogP contribution in [0.2, 0.25) is 5.02 Å². The van der Waals surface area contributed by atoms with Crippen LogP contribution < -0.4 is 15.4 Å². The van der Waals surface area contributed by atoms with Crippen molar-refractivity contribution in [1.82, 2.24) is 4.83 Å². The summed E-state index contributed by atoms with van der Waals surface area (Å²) in [5.74, 6) is 5.90. The van der Waals surface area contributed by atoms with Gasteiger partial charge < -0.3 is 4.74 Å². The van der Waals surface area contributed by atoms with Crippen molar-refractivity contribution >= 4 is 23.5 Å². The summed E-state index contributed by atoms with van der Waals surface area (Å²) in [5, 5.41) is 0.661. The monoisotopic (exact) mass is 204 g/mol. The zero-order chi connectivity index (χ0) is 8.97. The van der Waals surface area contributed by atoms with Gasteiger partial charge in [0.25, 0.3) is 0 Å². The molecule has 0 radical (unpaired) electrons. The minimum absolute atomic E-state index is 0.661. The average Bonchev–Trinajstić information content (AvgIpc) is 2.05. The van der Waals surface area contributed by atoms with E-state index in [9.17, 15) is 0 Å². The highest BCUT2D eigenvalue weighted by atomic mass is 35.5. The Morgan fingerprint density at radius 3 is 2.92 bits per heavy atom. The second-order valence-corrected chi connectivity index (χ2v) is 3.33. The van der Waals surface area contributed by atoms with Gasteiger partial charge in [-0.1, -0.05) is 11.6 Å². The first kappa shape index (κ1) is 9.67. The van der Waals surface area contributed by atoms with Gasteiger partial charge in [0.1, 0.15) is 5.75 Å². The maximum Gasteiger partial charge on any atom is 0.133 e. The van der Waals surface area contributed by atoms with Gasteiger partial charge in [-0.3, -0.25) is 5.84 Å². The number of benzene rings is 1. The molecule has 12 heavy (non-hydrogen) atoms. The predicted octanol–water partition coefficient (Wildman–Crippen LogP) is 1.82. The van der Waals surface area contributed by atoms with Crippen molar-refractivity contribution in [3.8, 4) is 5.75 Å². The molecule has 5 heteroatoms. The number of nitrogens with one attached hydrogen (secondary N) is 1. The third-order valence-electron chi connectivity index (χ3n) is 1.29. The van der Waals surface area contributed by atoms with Crippen LogP contribution in [0, 0.1) is 0 Å². The lowest BCUT2D eigenvalue weighted by Crippen LogP contribution is -2.11. The molecule has 0 bridgehead atoms. The maximum absolute atomic E-state index is 5.77. The molecule has 0 fully saturated rings. The molecule has 0 aliphatic carbocycles. The van der Waals surface area contributed by atoms with Crippen LogP contribution in [0.1, 0.15) is 0 Å². The van der Waals surface area contributed by atoms with Gasteiger partial charge in [0, 0.05) is 5.02 Å². The molecule has 0 atom stereocenters. The fourth-order valence-corrected chi connectivity index (χ4v) is 1.60. The molecule has 0 spiro atoms. The van der Waals surface area contributed by atoms with Crippen molar-refractivity contribution in [2.24, 2.45) is 5.84 Å². The Labute approximate surface area is 80.3 Å². The molecule has 1 aromatic rings. The Morgan fingerprint density at radius 2 is 2.33 bits per heavy atom. The molecule has 0 unspecified atom stereocenters. The van der Waals surface area contributed by atoms with Crippen LogP contribution in [0.4, 0.5) is 0 Å². The van der Waals surface area contributed by atoms with Crippen LogP contribution >= 0.6 is 23.5 Å². The van der Waals surface area contributed by atoms with E-state index in [0.717, 1.165) is 10.6 Å². The molecule has 3 nitrogen and oxygen atoms in total. The SMILES string of the molecule is COc1ccc(Cl)cc1SNN. The third kappa shape index (κ3) is 2.28. The second-order valence-electron chi connectivity index (χ2n) is 2.02. The number of hydrogen-bond acceptors (Lipinski definition) is 4. The minimum Gasteiger partial charge on any atom is -0.496 e. The summed E-state index contributed by atoms with van der Waals surface area (Å²) >= 11 is 7.03. The number of halogens is 1. The summed E-state index contributed by atoms with van der Waals surface area (Å²) in [6.45, 7) is 0. The first-order valence-corrected chi connectivity index (χ1v) is 4.43. The van der Waals surface area contributed by atoms with Crippen molar-refractivity contribution < 1.29 is 4.74 Å². The van der Waals surface area contributed by atoms with E-state index in [4.69, 9.17) is 22.2 Å². The lowest BCUT2D eigenvalue weighted by molar-refractivity contribution is 0.405. The molecule has 0 amide bonds. The largest absolute Gasteiger partial charge is 0.496 e. The number of hydrazine groups is 1. The predicted molar refractivity (Wildman–Crippen MR) is 51.2 cm³/mol. The summed E-state index contributed by atoms with van der Waals surface area (Å²) in [6, 6.07) is 5.34. The van der Waals surface area contributed by atoms with Crippen LogP contribution in [-0.2, 0) is 0 Å². The van der Waals surface area contributed by atoms with Crippen LogP contribution in [-0.4, -0.2) is 7.11 Å². The second kappa shape index (κ2) is 4.57. The van der Waals surface area contributed by atoms with E-state index in [1.54, 1.807) is 25.3 Å². The van der Waals surface area contributed by atoms with Gasteiger partial charge in [0.2, 0.25) is 0 Å². The molecule has 0 aliphatic rings. The highest BCUT2D eigenvalue weighted by Crippen LogP contribution is 2.29. The first-order valence-electron chi connectivity index (χ1n) is 3.24. The zero-order valence-electron chi connectivity index (χ0n) is 6.50. The Balaban J connectivity index is 2.95. The number of rotatable bonds is 3. The fourth-order valence-electron chi connectivity index (χ4n) is 0.794. The van der Waals surface area contributed by atoms with E-state index < -0.39 is 0 Å². The Kier molecular flexibility index (Phi) is 3.68. The lowest BCUT2D eigenvalue weighted by Gasteiger charge is -2.06. The van der Waals surface area contributed by atoms with Gasteiger partial charge in [0.05, 0.1) is 12.0 Å². The van der Waals surface area contributed by atoms with Crippen molar-refractivity contribution in [3.05, 3.63) is 23.2 Å². The van der Waals surface area contributed by atoms with E-state index in [1.165, 1.54) is 11.9 Å². The number of methoxy groups -OCH3 is 1. The first-order chi connectivity index (χ1) is 5.77. The van der Waals surface area contributed by atoms with E-state index in [2.05, 4.69) is 4.83 Å². The van der Waals surface area contributed by atoms with Crippen LogP contribution in [0.15, 0.2) is 23.1 Å². The van der Waals surface area contributed by atoms with E-state index >= 15 is 0 Å². The zero-order valence-corrected chi connectivity index (χ0v) is 8.08. The normalized spacial score (nSPS) is 9.92. The van der Waals surface area contributed by atoms with Gasteiger partial charge >= 0.3 is 0 Å². The summed E-state index contributed by atoms with van der Waals surface area (Å²) in [4.78, 5) is 3.33. The molecular weight excluding hydrogens is 196 g/mol. The molecule has 0 aliphatic heterocycles. The molecule has 0 heterocycles. The van der Waals surface area contributed by atoms with Crippen molar-refractivity contribution in [2.75, 3.05) is 7.11 Å². The quantitative estimate of drug-likeness (QED) is 0.448. The number of ether oxygens (including phenoxy) is 1. The van der Waals surface area contributed by atoms with E-state index in [-0.39, 0.29) is 0 Å². The Bertz CT molecular complexity index is 270. The molecule has 0 aromatic heterocycles. The maximum atomic E-state index is 5.77. The minimum atomic E-state index is 0.661. The molecule has 3 N–H and O–H groups in total. The topological polar surface area (TPSA) is 47.3 Å². The van der Waals surface area contributed by atoms with E-state index in [1.807, 2.05) is 0 Å². The van der Waals surface area contributed by atoms with Gasteiger partial charge in [-0.05, 0) is 30.1 Å². The van der Waals surface area contributed by atoms with Gasteiger partial charge in [0.15, 0.2) is 0 Å². The standard InChI is InChI=1S/C7H9ClN2OS/c1-11-6-3-2-5(8)4-7(6)12-10-9/h2-4,10H,9H2,1H3. The highest BCUT2D eigenvalue weighted by Gasteiger charge is 2.02. The number of hydrogen-bond donors (Lipinski definition) is 2. The molecule has 1 aromatic carbocycles. The molecule has 66 valence electrons. The molecule has 0 saturated carbocycles. The van der Waals surface area contributed by atoms with Gasteiger partial charge in [-0.25, -0.2) is 0 Å².